The fourth-order valence-corrected chi connectivity index (χ4v) is 1.83. The van der Waals surface area contributed by atoms with E-state index in [0.29, 0.717) is 26.2 Å². The number of ether oxygens (including phenoxy) is 2. The molecule has 1 amide bonds. The van der Waals surface area contributed by atoms with Crippen LogP contribution in [0, 0.1) is 0 Å². The van der Waals surface area contributed by atoms with Crippen LogP contribution < -0.4 is 14.8 Å². The van der Waals surface area contributed by atoms with Crippen molar-refractivity contribution in [2.24, 2.45) is 0 Å². The monoisotopic (exact) mass is 249 g/mol. The van der Waals surface area contributed by atoms with Crippen molar-refractivity contribution < 1.29 is 14.3 Å². The summed E-state index contributed by atoms with van der Waals surface area (Å²) in [5.74, 6) is 1.65. The Morgan fingerprint density at radius 2 is 2.06 bits per heavy atom. The molecule has 0 spiro atoms. The first kappa shape index (κ1) is 12.7. The summed E-state index contributed by atoms with van der Waals surface area (Å²) in [6.07, 6.45) is 2.34. The minimum absolute atomic E-state index is 0.0876. The number of fused-ring (bicyclic) bond motifs is 1. The first-order valence-corrected chi connectivity index (χ1v) is 6.45. The van der Waals surface area contributed by atoms with Gasteiger partial charge < -0.3 is 14.8 Å². The van der Waals surface area contributed by atoms with Crippen LogP contribution in [-0.2, 0) is 11.3 Å². The van der Waals surface area contributed by atoms with Gasteiger partial charge in [-0.25, -0.2) is 0 Å². The SMILES string of the molecule is CCCC(=O)NCc1ccc2c(c1)OCCCO2. The summed E-state index contributed by atoms with van der Waals surface area (Å²) in [5.41, 5.74) is 1.03. The molecule has 0 bridgehead atoms. The lowest BCUT2D eigenvalue weighted by molar-refractivity contribution is -0.121. The number of hydrogen-bond acceptors (Lipinski definition) is 3. The van der Waals surface area contributed by atoms with Crippen molar-refractivity contribution in [2.75, 3.05) is 13.2 Å². The molecule has 0 aliphatic carbocycles. The third-order valence-electron chi connectivity index (χ3n) is 2.78. The molecule has 1 N–H and O–H groups in total. The predicted molar refractivity (Wildman–Crippen MR) is 68.8 cm³/mol. The highest BCUT2D eigenvalue weighted by atomic mass is 16.5. The van der Waals surface area contributed by atoms with Crippen LogP contribution in [0.3, 0.4) is 0 Å². The van der Waals surface area contributed by atoms with Crippen LogP contribution in [0.15, 0.2) is 18.2 Å². The number of nitrogens with one attached hydrogen (secondary N) is 1. The second-order valence-corrected chi connectivity index (χ2v) is 4.36. The van der Waals surface area contributed by atoms with Crippen molar-refractivity contribution in [3.63, 3.8) is 0 Å². The lowest BCUT2D eigenvalue weighted by Crippen LogP contribution is -2.22. The highest BCUT2D eigenvalue weighted by molar-refractivity contribution is 5.75. The van der Waals surface area contributed by atoms with Crippen molar-refractivity contribution in [1.82, 2.24) is 5.32 Å². The maximum Gasteiger partial charge on any atom is 0.220 e. The largest absolute Gasteiger partial charge is 0.490 e. The number of carbonyl (C=O) groups excluding carboxylic acids is 1. The topological polar surface area (TPSA) is 47.6 Å². The van der Waals surface area contributed by atoms with Crippen LogP contribution in [0.1, 0.15) is 31.7 Å². The zero-order chi connectivity index (χ0) is 12.8. The van der Waals surface area contributed by atoms with E-state index < -0.39 is 0 Å². The van der Waals surface area contributed by atoms with Gasteiger partial charge in [0.1, 0.15) is 0 Å². The number of rotatable bonds is 4. The van der Waals surface area contributed by atoms with Crippen LogP contribution in [-0.4, -0.2) is 19.1 Å². The van der Waals surface area contributed by atoms with E-state index in [0.717, 1.165) is 29.9 Å². The third kappa shape index (κ3) is 3.39. The van der Waals surface area contributed by atoms with E-state index in [1.54, 1.807) is 0 Å². The average molecular weight is 249 g/mol. The van der Waals surface area contributed by atoms with Gasteiger partial charge in [0.2, 0.25) is 5.91 Å². The van der Waals surface area contributed by atoms with Gasteiger partial charge in [0, 0.05) is 19.4 Å². The van der Waals surface area contributed by atoms with Crippen molar-refractivity contribution in [3.8, 4) is 11.5 Å². The zero-order valence-electron chi connectivity index (χ0n) is 10.7. The molecule has 0 aromatic heterocycles. The molecule has 4 nitrogen and oxygen atoms in total. The summed E-state index contributed by atoms with van der Waals surface area (Å²) in [6, 6.07) is 5.80. The van der Waals surface area contributed by atoms with Gasteiger partial charge in [-0.1, -0.05) is 13.0 Å². The van der Waals surface area contributed by atoms with Crippen LogP contribution >= 0.6 is 0 Å². The quantitative estimate of drug-likeness (QED) is 0.890. The smallest absolute Gasteiger partial charge is 0.220 e. The molecule has 1 aromatic carbocycles. The molecule has 1 aliphatic heterocycles. The first-order chi connectivity index (χ1) is 8.79. The fourth-order valence-electron chi connectivity index (χ4n) is 1.83. The molecule has 0 saturated heterocycles. The molecule has 0 atom stereocenters. The predicted octanol–water partition coefficient (Wildman–Crippen LogP) is 2.26. The molecule has 4 heteroatoms. The van der Waals surface area contributed by atoms with Gasteiger partial charge in [-0.15, -0.1) is 0 Å². The Morgan fingerprint density at radius 1 is 1.28 bits per heavy atom. The highest BCUT2D eigenvalue weighted by Crippen LogP contribution is 2.30. The van der Waals surface area contributed by atoms with Crippen LogP contribution in [0.25, 0.3) is 0 Å². The molecular formula is C14H19NO3. The molecule has 0 radical (unpaired) electrons. The number of hydrogen-bond donors (Lipinski definition) is 1. The summed E-state index contributed by atoms with van der Waals surface area (Å²) in [6.45, 7) is 3.90. The second-order valence-electron chi connectivity index (χ2n) is 4.36. The summed E-state index contributed by atoms with van der Waals surface area (Å²) >= 11 is 0. The van der Waals surface area contributed by atoms with Crippen molar-refractivity contribution in [1.29, 1.82) is 0 Å². The summed E-state index contributed by atoms with van der Waals surface area (Å²) in [7, 11) is 0. The minimum Gasteiger partial charge on any atom is -0.490 e. The maximum atomic E-state index is 11.4. The van der Waals surface area contributed by atoms with Crippen LogP contribution in [0.5, 0.6) is 11.5 Å². The Morgan fingerprint density at radius 3 is 2.83 bits per heavy atom. The molecule has 1 heterocycles. The average Bonchev–Trinajstić information content (AvgIpc) is 2.61. The van der Waals surface area contributed by atoms with Crippen molar-refractivity contribution >= 4 is 5.91 Å². The Kier molecular flexibility index (Phi) is 4.45. The minimum atomic E-state index is 0.0876. The van der Waals surface area contributed by atoms with E-state index in [2.05, 4.69) is 5.32 Å². The molecule has 0 unspecified atom stereocenters. The normalized spacial score (nSPS) is 13.8. The van der Waals surface area contributed by atoms with Crippen LogP contribution in [0.4, 0.5) is 0 Å². The van der Waals surface area contributed by atoms with Gasteiger partial charge in [0.25, 0.3) is 0 Å². The van der Waals surface area contributed by atoms with Gasteiger partial charge in [0.15, 0.2) is 11.5 Å². The number of carbonyl (C=O) groups is 1. The van der Waals surface area contributed by atoms with Crippen molar-refractivity contribution in [2.45, 2.75) is 32.7 Å². The Labute approximate surface area is 107 Å². The molecule has 1 aromatic rings. The lowest BCUT2D eigenvalue weighted by Gasteiger charge is -2.10. The zero-order valence-corrected chi connectivity index (χ0v) is 10.7. The first-order valence-electron chi connectivity index (χ1n) is 6.45. The third-order valence-corrected chi connectivity index (χ3v) is 2.78. The van der Waals surface area contributed by atoms with Gasteiger partial charge >= 0.3 is 0 Å². The Bertz CT molecular complexity index is 418. The number of benzene rings is 1. The van der Waals surface area contributed by atoms with E-state index in [1.165, 1.54) is 0 Å². The Hall–Kier alpha value is -1.71. The maximum absolute atomic E-state index is 11.4. The molecular weight excluding hydrogens is 230 g/mol. The lowest BCUT2D eigenvalue weighted by atomic mass is 10.2. The van der Waals surface area contributed by atoms with E-state index >= 15 is 0 Å². The molecule has 0 fully saturated rings. The van der Waals surface area contributed by atoms with Crippen molar-refractivity contribution in [3.05, 3.63) is 23.8 Å². The molecule has 0 saturated carbocycles. The summed E-state index contributed by atoms with van der Waals surface area (Å²) in [4.78, 5) is 11.4. The fraction of sp³-hybridized carbons (Fsp3) is 0.500. The number of amides is 1. The summed E-state index contributed by atoms with van der Waals surface area (Å²) in [5, 5.41) is 2.89. The van der Waals surface area contributed by atoms with Crippen LogP contribution in [0.2, 0.25) is 0 Å². The molecule has 2 rings (SSSR count). The second kappa shape index (κ2) is 6.28. The van der Waals surface area contributed by atoms with Gasteiger partial charge in [-0.2, -0.15) is 0 Å². The van der Waals surface area contributed by atoms with Gasteiger partial charge in [0.05, 0.1) is 13.2 Å². The van der Waals surface area contributed by atoms with Gasteiger partial charge in [-0.05, 0) is 24.1 Å². The molecule has 98 valence electrons. The standard InChI is InChI=1S/C14H19NO3/c1-2-4-14(16)15-10-11-5-6-12-13(9-11)18-8-3-7-17-12/h5-6,9H,2-4,7-8,10H2,1H3,(H,15,16). The van der Waals surface area contributed by atoms with E-state index in [4.69, 9.17) is 9.47 Å². The van der Waals surface area contributed by atoms with Gasteiger partial charge in [-0.3, -0.25) is 4.79 Å². The van der Waals surface area contributed by atoms with E-state index in [9.17, 15) is 4.79 Å². The summed E-state index contributed by atoms with van der Waals surface area (Å²) < 4.78 is 11.2. The van der Waals surface area contributed by atoms with E-state index in [1.807, 2.05) is 25.1 Å². The van der Waals surface area contributed by atoms with E-state index in [-0.39, 0.29) is 5.91 Å². The highest BCUT2D eigenvalue weighted by Gasteiger charge is 2.10. The molecule has 18 heavy (non-hydrogen) atoms. The molecule has 1 aliphatic rings. The Balaban J connectivity index is 1.97.